The number of nitrogens with two attached hydrogens (primary N) is 9. The van der Waals surface area contributed by atoms with E-state index in [9.17, 15) is 67.4 Å². The molecule has 0 saturated heterocycles. The number of Topliss-reactive ketones (excluding diaryl/α,β-unsaturated/α-hetero) is 2. The molecule has 0 bridgehead atoms. The fourth-order valence-corrected chi connectivity index (χ4v) is 15.6. The van der Waals surface area contributed by atoms with Crippen molar-refractivity contribution < 1.29 is 96.2 Å². The number of unbranched alkanes of at least 4 members (excludes halogenated alkanes) is 1. The second kappa shape index (κ2) is 68.9. The fraction of sp³-hybridized carbons (Fsp3) is 0.656. The van der Waals surface area contributed by atoms with Crippen LogP contribution in [0.25, 0.3) is 0 Å². The highest BCUT2D eigenvalue weighted by molar-refractivity contribution is 6.41. The number of hydrogen-bond acceptors (Lipinski definition) is 28. The van der Waals surface area contributed by atoms with Gasteiger partial charge in [0, 0.05) is 45.6 Å². The second-order valence-corrected chi connectivity index (χ2v) is 37.7. The van der Waals surface area contributed by atoms with Crippen molar-refractivity contribution in [3.8, 4) is 0 Å². The second-order valence-electron chi connectivity index (χ2n) is 37.7. The Morgan fingerprint density at radius 2 is 0.878 bits per heavy atom. The van der Waals surface area contributed by atoms with Crippen LogP contribution in [-0.2, 0) is 97.5 Å². The zero-order chi connectivity index (χ0) is 111. The lowest BCUT2D eigenvalue weighted by Gasteiger charge is -2.36. The number of hydrogen-bond donors (Lipinski definition) is 35. The summed E-state index contributed by atoms with van der Waals surface area (Å²) < 4.78 is 0. The van der Waals surface area contributed by atoms with Crippen molar-refractivity contribution in [3.05, 3.63) is 48.0 Å². The molecule has 824 valence electrons. The van der Waals surface area contributed by atoms with Gasteiger partial charge in [-0.05, 0) is 193 Å². The molecule has 1 aliphatic heterocycles. The zero-order valence-electron chi connectivity index (χ0n) is 85.5. The lowest BCUT2D eigenvalue weighted by molar-refractivity contribution is -0.142. The van der Waals surface area contributed by atoms with Crippen LogP contribution >= 0.6 is 0 Å². The number of aldehydes is 1. The lowest BCUT2D eigenvalue weighted by atomic mass is 9.88. The summed E-state index contributed by atoms with van der Waals surface area (Å²) in [6.45, 7) is 12.3. The largest absolute Gasteiger partial charge is 0.481 e. The smallest absolute Gasteiger partial charge is 0.305 e. The number of carbonyl (C=O) groups is 19. The molecule has 0 spiro atoms. The van der Waals surface area contributed by atoms with Gasteiger partial charge in [-0.3, -0.25) is 125 Å². The normalized spacial score (nSPS) is 20.4. The van der Waals surface area contributed by atoms with E-state index >= 15 is 28.8 Å². The van der Waals surface area contributed by atoms with E-state index in [2.05, 4.69) is 106 Å². The molecule has 1 aromatic carbocycles. The van der Waals surface area contributed by atoms with E-state index in [0.717, 1.165) is 0 Å². The molecular weight excluding hydrogens is 1910 g/mol. The molecule has 0 aliphatic carbocycles. The van der Waals surface area contributed by atoms with Crippen LogP contribution in [0.1, 0.15) is 241 Å². The predicted octanol–water partition coefficient (Wildman–Crippen LogP) is -6.92. The highest BCUT2D eigenvalue weighted by Gasteiger charge is 2.45. The third kappa shape index (κ3) is 52.9. The number of guanidine groups is 5. The maximum Gasteiger partial charge on any atom is 0.305 e. The average Bonchev–Trinajstić information content (AvgIpc) is 0.814. The Morgan fingerprint density at radius 3 is 1.35 bits per heavy atom. The van der Waals surface area contributed by atoms with Crippen molar-refractivity contribution in [1.29, 1.82) is 27.0 Å². The van der Waals surface area contributed by atoms with E-state index in [0.29, 0.717) is 37.7 Å². The maximum atomic E-state index is 15.9. The van der Waals surface area contributed by atoms with Crippen molar-refractivity contribution in [3.63, 3.8) is 0 Å². The summed E-state index contributed by atoms with van der Waals surface area (Å²) in [6.07, 6.45) is 2.15. The molecule has 0 radical (unpaired) electrons. The van der Waals surface area contributed by atoms with Crippen LogP contribution in [0.5, 0.6) is 0 Å². The Bertz CT molecular complexity index is 4610. The first kappa shape index (κ1) is 129. The fourth-order valence-electron chi connectivity index (χ4n) is 15.6. The zero-order valence-corrected chi connectivity index (χ0v) is 85.5. The van der Waals surface area contributed by atoms with Gasteiger partial charge in [0.25, 0.3) is 0 Å². The quantitative estimate of drug-likeness (QED) is 0.00421. The summed E-state index contributed by atoms with van der Waals surface area (Å²) in [5, 5.41) is 98.5. The molecule has 8 unspecified atom stereocenters. The number of primary amides is 2. The summed E-state index contributed by atoms with van der Waals surface area (Å²) in [7, 11) is 0. The number of rotatable bonds is 56. The molecule has 54 nitrogen and oxygen atoms in total. The van der Waals surface area contributed by atoms with Crippen LogP contribution in [0, 0.1) is 38.9 Å². The van der Waals surface area contributed by atoms with E-state index in [1.165, 1.54) is 27.7 Å². The molecular formula is C93H162N34O20. The van der Waals surface area contributed by atoms with Crippen molar-refractivity contribution in [2.45, 2.75) is 337 Å². The Morgan fingerprint density at radius 1 is 0.449 bits per heavy atom. The lowest BCUT2D eigenvalue weighted by Crippen LogP contribution is -2.64. The molecule has 0 aromatic heterocycles. The van der Waals surface area contributed by atoms with E-state index in [-0.39, 0.29) is 180 Å². The van der Waals surface area contributed by atoms with E-state index in [1.807, 2.05) is 12.2 Å². The third-order valence-corrected chi connectivity index (χ3v) is 23.7. The van der Waals surface area contributed by atoms with E-state index < -0.39 is 263 Å². The highest BCUT2D eigenvalue weighted by Crippen LogP contribution is 2.24. The molecule has 0 saturated carbocycles. The van der Waals surface area contributed by atoms with Gasteiger partial charge in [-0.2, -0.15) is 0 Å². The van der Waals surface area contributed by atoms with Gasteiger partial charge in [0.1, 0.15) is 78.3 Å². The van der Waals surface area contributed by atoms with Crippen LogP contribution in [0.4, 0.5) is 0 Å². The molecule has 147 heavy (non-hydrogen) atoms. The first-order valence-corrected chi connectivity index (χ1v) is 49.6. The molecule has 44 N–H and O–H groups in total. The Kier molecular flexibility index (Phi) is 60.3. The molecule has 1 aliphatic rings. The standard InChI is InChI=1S/C93H162N34O20/c1-52(2)46-65-82(143)119-60(30-19-22-40-94)79(140)117-61(32-24-42-109-88(99)100)76(137)113-54(5)74(135)122-67(48-56-28-17-16-18-29-56)81(142)114-55(6)75(136)126-93(8,86(147)124-66(47-53(3)4)83(144)120-62(33-25-43-110-89(101)102)77(138)115-57(51-128)49-71(131)132)39-21-15-13-11-9-10-12-14-20-38-92(7,85(146)123-65)125-59(31-23-41-108-87(97)98)73(134)72(133)58(36-37-69(95)129)116-78(139)63(34-26-44-111-90(103)104)118-80(141)64(35-27-45-112-91(105)106)121-84(145)68(127-107)50-70(96)130/h11,13,16-18,28-29,51-55,57-68,125,127H,9-10,12,14-15,19-27,30-50,94,107H2,1-8H3,(H2,95,129)(H2,96,130)(H,113,137)(H,114,142)(H,115,138)(H,116,139)(H,117,140)(H,118,141)(H,119,143)(H,120,144)(H,121,145)(H,122,135)(H,123,146)(H,124,147)(H,126,136)(H,131,132)(H4,97,98,108)(H4,99,100,109)(H4,101,102,110)(H4,103,104,111)(H4,105,106,112)/t54?,55?,57-,58-,59-,60?,61-,62-,63?,64-,65-,66?,67-,68?,92?,93?/m0/s1. The van der Waals surface area contributed by atoms with Gasteiger partial charge in [-0.25, -0.2) is 5.43 Å². The molecule has 15 amide bonds. The van der Waals surface area contributed by atoms with Crippen LogP contribution < -0.4 is 158 Å². The number of carbonyl (C=O) groups excluding carboxylic acids is 18. The minimum Gasteiger partial charge on any atom is -0.481 e. The molecule has 0 fully saturated rings. The SMILES string of the molecule is CC(C)CC(NC(=O)C1(C)CCCC=CCCCCCCC(C)(N[C@@H](CCCNC(=N)N)C(=O)C(=O)[C@H](CCC(N)=O)NC(=O)C(CCCNC(=N)N)NC(=O)[C@H](CCCNC(=N)N)NC(=O)C(CC(N)=O)NN)C(=O)N[C@@H](CC(C)C)C(=O)NC(CCCCN)C(=O)N[C@@H](CCCNC(=N)N)C(=O)NC(C)C(=O)N[C@@H](Cc2ccccc2)C(=O)NC(C)C(=O)N1)C(=O)N[C@@H](CCCNC(=N)N)C(=O)N[C@H](C=O)CC(=O)O. The number of amides is 15. The van der Waals surface area contributed by atoms with Gasteiger partial charge in [0.15, 0.2) is 29.8 Å². The number of hydrazine groups is 1. The van der Waals surface area contributed by atoms with Gasteiger partial charge in [-0.1, -0.05) is 89.4 Å². The van der Waals surface area contributed by atoms with Crippen molar-refractivity contribution in [1.82, 2.24) is 106 Å². The first-order valence-electron chi connectivity index (χ1n) is 49.6. The molecule has 16 atom stereocenters. The number of carboxylic acid groups (broad SMARTS) is 1. The number of benzene rings is 1. The van der Waals surface area contributed by atoms with E-state index in [4.69, 9.17) is 78.8 Å². The van der Waals surface area contributed by atoms with Gasteiger partial charge in [0.2, 0.25) is 100 Å². The summed E-state index contributed by atoms with van der Waals surface area (Å²) in [6, 6.07) is -13.4. The Balaban J connectivity index is 3.14. The average molecular weight is 2080 g/mol. The van der Waals surface area contributed by atoms with Gasteiger partial charge < -0.3 is 151 Å². The van der Waals surface area contributed by atoms with E-state index in [1.54, 1.807) is 58.0 Å². The molecule has 2 rings (SSSR count). The van der Waals surface area contributed by atoms with Gasteiger partial charge in [0.05, 0.1) is 36.5 Å². The van der Waals surface area contributed by atoms with Crippen LogP contribution in [-0.4, -0.2) is 282 Å². The number of ketones is 2. The summed E-state index contributed by atoms with van der Waals surface area (Å²) in [5.74, 6) is -15.9. The Hall–Kier alpha value is -14.3. The van der Waals surface area contributed by atoms with Gasteiger partial charge >= 0.3 is 5.97 Å². The minimum absolute atomic E-state index is 0.00371. The maximum absolute atomic E-state index is 15.9. The molecule has 54 heteroatoms. The monoisotopic (exact) mass is 2080 g/mol. The topological polar surface area (TPSA) is 939 Å². The van der Waals surface area contributed by atoms with Gasteiger partial charge in [-0.15, -0.1) is 0 Å². The molecule has 1 aromatic rings. The van der Waals surface area contributed by atoms with Crippen molar-refractivity contribution >= 4 is 142 Å². The first-order chi connectivity index (χ1) is 69.3. The number of allylic oxidation sites excluding steroid dienone is 2. The summed E-state index contributed by atoms with van der Waals surface area (Å²) >= 11 is 0. The Labute approximate surface area is 856 Å². The van der Waals surface area contributed by atoms with Crippen molar-refractivity contribution in [2.75, 3.05) is 39.3 Å². The predicted molar refractivity (Wildman–Crippen MR) is 546 cm³/mol. The number of nitrogens with one attached hydrogen (secondary N) is 25. The highest BCUT2D eigenvalue weighted by atomic mass is 16.4. The van der Waals surface area contributed by atoms with Crippen LogP contribution in [0.3, 0.4) is 0 Å². The molecule has 1 heterocycles. The number of carboxylic acids is 1. The van der Waals surface area contributed by atoms with Crippen LogP contribution in [0.2, 0.25) is 0 Å². The summed E-state index contributed by atoms with van der Waals surface area (Å²) in [5.41, 5.74) is 43.6. The van der Waals surface area contributed by atoms with Crippen LogP contribution in [0.15, 0.2) is 42.5 Å². The summed E-state index contributed by atoms with van der Waals surface area (Å²) in [4.78, 5) is 271. The van der Waals surface area contributed by atoms with Crippen molar-refractivity contribution in [2.24, 2.45) is 63.5 Å². The minimum atomic E-state index is -2.00. The third-order valence-electron chi connectivity index (χ3n) is 23.7. The number of aliphatic carboxylic acids is 1.